The van der Waals surface area contributed by atoms with Crippen LogP contribution in [-0.2, 0) is 6.18 Å². The van der Waals surface area contributed by atoms with Crippen LogP contribution in [0.15, 0.2) is 79.8 Å². The molecule has 0 saturated heterocycles. The number of aryl methyl sites for hydroxylation is 2. The third kappa shape index (κ3) is 7.16. The Bertz CT molecular complexity index is 1660. The van der Waals surface area contributed by atoms with Crippen LogP contribution >= 0.6 is 24.8 Å². The fraction of sp³-hybridized carbons (Fsp3) is 0.111. The summed E-state index contributed by atoms with van der Waals surface area (Å²) in [6.07, 6.45) is 4.49. The highest BCUT2D eigenvalue weighted by atomic mass is 35.5. The predicted octanol–water partition coefficient (Wildman–Crippen LogP) is 6.59. The van der Waals surface area contributed by atoms with Gasteiger partial charge in [-0.25, -0.2) is 15.0 Å². The number of nitrogens with zero attached hydrogens (tertiary/aromatic N) is 6. The van der Waals surface area contributed by atoms with Crippen LogP contribution < -0.4 is 10.6 Å². The molecule has 212 valence electrons. The minimum Gasteiger partial charge on any atom is -0.324 e. The molecule has 0 bridgehead atoms. The molecule has 0 aliphatic carbocycles. The molecule has 5 aromatic rings. The maximum atomic E-state index is 13.6. The van der Waals surface area contributed by atoms with Crippen LogP contribution in [0.3, 0.4) is 0 Å². The van der Waals surface area contributed by atoms with E-state index in [-0.39, 0.29) is 41.8 Å². The Labute approximate surface area is 245 Å². The Morgan fingerprint density at radius 3 is 2.39 bits per heavy atom. The monoisotopic (exact) mass is 602 g/mol. The summed E-state index contributed by atoms with van der Waals surface area (Å²) >= 11 is 0. The van der Waals surface area contributed by atoms with Gasteiger partial charge in [0.25, 0.3) is 5.91 Å². The van der Waals surface area contributed by atoms with E-state index in [1.54, 1.807) is 56.0 Å². The number of hydrogen-bond acceptors (Lipinski definition) is 7. The lowest BCUT2D eigenvalue weighted by atomic mass is 10.1. The topological polar surface area (TPSA) is 111 Å². The molecule has 1 amide bonds. The van der Waals surface area contributed by atoms with Gasteiger partial charge in [0.15, 0.2) is 0 Å². The zero-order valence-corrected chi connectivity index (χ0v) is 23.2. The second-order valence-corrected chi connectivity index (χ2v) is 8.62. The molecule has 0 radical (unpaired) electrons. The average Bonchev–Trinajstić information content (AvgIpc) is 3.36. The van der Waals surface area contributed by atoms with Crippen molar-refractivity contribution in [3.8, 4) is 17.1 Å². The molecule has 3 aromatic heterocycles. The summed E-state index contributed by atoms with van der Waals surface area (Å²) in [5.74, 6) is -0.207. The zero-order valence-electron chi connectivity index (χ0n) is 21.5. The van der Waals surface area contributed by atoms with Gasteiger partial charge < -0.3 is 15.2 Å². The molecule has 41 heavy (non-hydrogen) atoms. The first-order valence-corrected chi connectivity index (χ1v) is 11.7. The van der Waals surface area contributed by atoms with Crippen molar-refractivity contribution in [1.82, 2.24) is 29.5 Å². The van der Waals surface area contributed by atoms with E-state index >= 15 is 0 Å². The van der Waals surface area contributed by atoms with E-state index in [2.05, 4.69) is 35.6 Å². The minimum absolute atomic E-state index is 0. The first kappa shape index (κ1) is 31.0. The first-order valence-electron chi connectivity index (χ1n) is 11.7. The smallest absolute Gasteiger partial charge is 0.324 e. The number of aromatic nitrogens is 6. The quantitative estimate of drug-likeness (QED) is 0.225. The van der Waals surface area contributed by atoms with E-state index in [1.807, 2.05) is 6.92 Å². The van der Waals surface area contributed by atoms with Gasteiger partial charge in [-0.1, -0.05) is 6.07 Å². The summed E-state index contributed by atoms with van der Waals surface area (Å²) in [5.41, 5.74) is 2.61. The number of anilines is 3. The van der Waals surface area contributed by atoms with Crippen molar-refractivity contribution in [2.24, 2.45) is 0 Å². The van der Waals surface area contributed by atoms with Gasteiger partial charge in [-0.2, -0.15) is 13.2 Å². The number of imidazole rings is 1. The lowest BCUT2D eigenvalue weighted by molar-refractivity contribution is -0.137. The van der Waals surface area contributed by atoms with Gasteiger partial charge in [0.05, 0.1) is 35.2 Å². The Balaban J connectivity index is 0.00000231. The number of alkyl halides is 3. The first-order chi connectivity index (χ1) is 18.7. The highest BCUT2D eigenvalue weighted by Crippen LogP contribution is 2.35. The van der Waals surface area contributed by atoms with Crippen LogP contribution in [0.5, 0.6) is 0 Å². The van der Waals surface area contributed by atoms with Gasteiger partial charge in [0, 0.05) is 41.7 Å². The molecular weight excluding hydrogens is 580 g/mol. The number of amides is 1. The number of carbonyl (C=O) groups is 1. The predicted molar refractivity (Wildman–Crippen MR) is 153 cm³/mol. The molecule has 2 aromatic carbocycles. The highest BCUT2D eigenvalue weighted by molar-refractivity contribution is 6.05. The molecule has 9 nitrogen and oxygen atoms in total. The largest absolute Gasteiger partial charge is 0.418 e. The van der Waals surface area contributed by atoms with E-state index < -0.39 is 17.6 Å². The van der Waals surface area contributed by atoms with E-state index in [1.165, 1.54) is 29.2 Å². The highest BCUT2D eigenvalue weighted by Gasteiger charge is 2.34. The van der Waals surface area contributed by atoms with E-state index in [0.717, 1.165) is 11.6 Å². The van der Waals surface area contributed by atoms with Crippen molar-refractivity contribution >= 4 is 48.0 Å². The SMILES string of the molecule is Cc1cn(-c2cc(NC(=O)c3ccc(C)c(Nc4nccc(-c5cnccn5)n4)c3)ccc2C(F)(F)F)cn1.Cl.Cl. The molecule has 3 heterocycles. The number of nitrogens with one attached hydrogen (secondary N) is 2. The minimum atomic E-state index is -4.58. The zero-order chi connectivity index (χ0) is 27.6. The van der Waals surface area contributed by atoms with E-state index in [4.69, 9.17) is 0 Å². The number of benzene rings is 2. The molecule has 0 unspecified atom stereocenters. The van der Waals surface area contributed by atoms with Crippen LogP contribution in [0, 0.1) is 13.8 Å². The maximum absolute atomic E-state index is 13.6. The van der Waals surface area contributed by atoms with E-state index in [9.17, 15) is 18.0 Å². The second kappa shape index (κ2) is 12.7. The number of hydrogen-bond donors (Lipinski definition) is 2. The average molecular weight is 603 g/mol. The second-order valence-electron chi connectivity index (χ2n) is 8.62. The third-order valence-corrected chi connectivity index (χ3v) is 5.78. The molecule has 0 fully saturated rings. The Hall–Kier alpha value is -4.55. The summed E-state index contributed by atoms with van der Waals surface area (Å²) in [6, 6.07) is 10.1. The maximum Gasteiger partial charge on any atom is 0.418 e. The standard InChI is InChI=1S/C27H21F3N8O.2ClH/c1-16-3-4-18(11-22(16)37-26-33-8-7-21(36-26)23-13-31-9-10-32-23)25(39)35-19-5-6-20(27(28,29)30)24(12-19)38-14-17(2)34-15-38;;/h3-15H,1-2H3,(H,35,39)(H,33,36,37);2*1H. The van der Waals surface area contributed by atoms with Crippen LogP contribution in [0.25, 0.3) is 17.1 Å². The Morgan fingerprint density at radius 1 is 0.902 bits per heavy atom. The van der Waals surface area contributed by atoms with Gasteiger partial charge >= 0.3 is 6.18 Å². The molecule has 0 aliphatic heterocycles. The summed E-state index contributed by atoms with van der Waals surface area (Å²) in [4.78, 5) is 34.1. The van der Waals surface area contributed by atoms with Crippen molar-refractivity contribution < 1.29 is 18.0 Å². The fourth-order valence-corrected chi connectivity index (χ4v) is 3.83. The lowest BCUT2D eigenvalue weighted by Crippen LogP contribution is -2.15. The van der Waals surface area contributed by atoms with Gasteiger partial charge in [-0.05, 0) is 55.8 Å². The molecular formula is C27H23Cl2F3N8O. The van der Waals surface area contributed by atoms with Crippen molar-refractivity contribution in [3.63, 3.8) is 0 Å². The van der Waals surface area contributed by atoms with Crippen molar-refractivity contribution in [2.75, 3.05) is 10.6 Å². The van der Waals surface area contributed by atoms with Crippen molar-refractivity contribution in [3.05, 3.63) is 102 Å². The number of carbonyl (C=O) groups excluding carboxylic acids is 1. The van der Waals surface area contributed by atoms with Crippen LogP contribution in [0.4, 0.5) is 30.5 Å². The molecule has 0 spiro atoms. The van der Waals surface area contributed by atoms with Gasteiger partial charge in [0.2, 0.25) is 5.95 Å². The molecule has 5 rings (SSSR count). The van der Waals surface area contributed by atoms with Gasteiger partial charge in [-0.3, -0.25) is 14.8 Å². The molecule has 0 atom stereocenters. The lowest BCUT2D eigenvalue weighted by Gasteiger charge is -2.16. The normalized spacial score (nSPS) is 10.8. The molecule has 14 heteroatoms. The van der Waals surface area contributed by atoms with Gasteiger partial charge in [0.1, 0.15) is 5.69 Å². The van der Waals surface area contributed by atoms with E-state index in [0.29, 0.717) is 28.7 Å². The molecule has 0 aliphatic rings. The molecule has 2 N–H and O–H groups in total. The van der Waals surface area contributed by atoms with Crippen molar-refractivity contribution in [1.29, 1.82) is 0 Å². The Kier molecular flexibility index (Phi) is 9.63. The van der Waals surface area contributed by atoms with Crippen LogP contribution in [0.2, 0.25) is 0 Å². The van der Waals surface area contributed by atoms with Crippen LogP contribution in [0.1, 0.15) is 27.2 Å². The van der Waals surface area contributed by atoms with Gasteiger partial charge in [-0.15, -0.1) is 24.8 Å². The third-order valence-electron chi connectivity index (χ3n) is 5.78. The number of halogens is 5. The summed E-state index contributed by atoms with van der Waals surface area (Å²) in [5, 5.41) is 5.79. The Morgan fingerprint density at radius 2 is 1.71 bits per heavy atom. The summed E-state index contributed by atoms with van der Waals surface area (Å²) < 4.78 is 42.2. The molecule has 0 saturated carbocycles. The van der Waals surface area contributed by atoms with Crippen LogP contribution in [-0.4, -0.2) is 35.4 Å². The van der Waals surface area contributed by atoms with Crippen molar-refractivity contribution in [2.45, 2.75) is 20.0 Å². The summed E-state index contributed by atoms with van der Waals surface area (Å²) in [6.45, 7) is 3.53. The fourth-order valence-electron chi connectivity index (χ4n) is 3.83. The number of rotatable bonds is 6. The summed E-state index contributed by atoms with van der Waals surface area (Å²) in [7, 11) is 0.